The molecule has 0 atom stereocenters. The summed E-state index contributed by atoms with van der Waals surface area (Å²) in [5, 5.41) is 5.84. The fourth-order valence-electron chi connectivity index (χ4n) is 0.836. The van der Waals surface area contributed by atoms with Crippen molar-refractivity contribution in [2.24, 2.45) is 0 Å². The monoisotopic (exact) mass is 188 g/mol. The molecule has 0 unspecified atom stereocenters. The lowest BCUT2D eigenvalue weighted by Crippen LogP contribution is -2.29. The molecular formula is C9H20N2O2. The van der Waals surface area contributed by atoms with Gasteiger partial charge >= 0.3 is 6.09 Å². The summed E-state index contributed by atoms with van der Waals surface area (Å²) in [6.07, 6.45) is 0.557. The Morgan fingerprint density at radius 2 is 2.08 bits per heavy atom. The molecule has 1 amide bonds. The number of rotatable bonds is 6. The minimum atomic E-state index is -0.327. The van der Waals surface area contributed by atoms with E-state index in [1.54, 1.807) is 0 Å². The summed E-state index contributed by atoms with van der Waals surface area (Å²) in [6.45, 7) is 8.28. The smallest absolute Gasteiger partial charge is 0.407 e. The van der Waals surface area contributed by atoms with Crippen LogP contribution in [0.2, 0.25) is 0 Å². The van der Waals surface area contributed by atoms with Crippen molar-refractivity contribution in [3.8, 4) is 0 Å². The Labute approximate surface area is 80.0 Å². The van der Waals surface area contributed by atoms with Gasteiger partial charge in [0, 0.05) is 6.54 Å². The van der Waals surface area contributed by atoms with Crippen LogP contribution in [0.3, 0.4) is 0 Å². The first-order valence-electron chi connectivity index (χ1n) is 4.82. The molecule has 0 aliphatic heterocycles. The second kappa shape index (κ2) is 7.86. The van der Waals surface area contributed by atoms with Crippen molar-refractivity contribution in [1.29, 1.82) is 0 Å². The molecule has 4 heteroatoms. The number of carbonyl (C=O) groups excluding carboxylic acids is 1. The zero-order valence-corrected chi connectivity index (χ0v) is 8.72. The minimum absolute atomic E-state index is 0.0474. The zero-order chi connectivity index (χ0) is 10.1. The van der Waals surface area contributed by atoms with E-state index in [-0.39, 0.29) is 12.2 Å². The fraction of sp³-hybridized carbons (Fsp3) is 0.889. The van der Waals surface area contributed by atoms with E-state index < -0.39 is 0 Å². The molecule has 4 nitrogen and oxygen atoms in total. The summed E-state index contributed by atoms with van der Waals surface area (Å²) in [7, 11) is 0. The van der Waals surface area contributed by atoms with Gasteiger partial charge in [-0.1, -0.05) is 6.92 Å². The number of amides is 1. The van der Waals surface area contributed by atoms with Crippen LogP contribution in [0, 0.1) is 0 Å². The van der Waals surface area contributed by atoms with Gasteiger partial charge in [-0.3, -0.25) is 0 Å². The molecule has 0 radical (unpaired) electrons. The van der Waals surface area contributed by atoms with Crippen molar-refractivity contribution in [2.75, 3.05) is 19.6 Å². The molecule has 0 bridgehead atoms. The summed E-state index contributed by atoms with van der Waals surface area (Å²) < 4.78 is 4.89. The Morgan fingerprint density at radius 3 is 2.62 bits per heavy atom. The Kier molecular flexibility index (Phi) is 7.39. The summed E-state index contributed by atoms with van der Waals surface area (Å²) >= 11 is 0. The highest BCUT2D eigenvalue weighted by Crippen LogP contribution is 1.87. The maximum Gasteiger partial charge on any atom is 0.407 e. The number of hydrogen-bond acceptors (Lipinski definition) is 3. The van der Waals surface area contributed by atoms with Gasteiger partial charge in [-0.15, -0.1) is 0 Å². The maximum absolute atomic E-state index is 10.9. The van der Waals surface area contributed by atoms with E-state index in [9.17, 15) is 4.79 Å². The second-order valence-electron chi connectivity index (χ2n) is 3.09. The lowest BCUT2D eigenvalue weighted by Gasteiger charge is -2.09. The molecule has 78 valence electrons. The lowest BCUT2D eigenvalue weighted by molar-refractivity contribution is 0.115. The number of nitrogens with one attached hydrogen (secondary N) is 2. The first-order chi connectivity index (χ1) is 6.16. The quantitative estimate of drug-likeness (QED) is 0.614. The van der Waals surface area contributed by atoms with Crippen LogP contribution in [-0.4, -0.2) is 31.8 Å². The summed E-state index contributed by atoms with van der Waals surface area (Å²) in [5.74, 6) is 0. The number of hydrogen-bond donors (Lipinski definition) is 2. The number of ether oxygens (including phenoxy) is 1. The predicted molar refractivity (Wildman–Crippen MR) is 52.8 cm³/mol. The second-order valence-corrected chi connectivity index (χ2v) is 3.09. The van der Waals surface area contributed by atoms with Crippen LogP contribution >= 0.6 is 0 Å². The highest BCUT2D eigenvalue weighted by molar-refractivity contribution is 5.67. The van der Waals surface area contributed by atoms with Gasteiger partial charge in [-0.05, 0) is 33.4 Å². The zero-order valence-electron chi connectivity index (χ0n) is 8.72. The van der Waals surface area contributed by atoms with Crippen LogP contribution in [-0.2, 0) is 4.74 Å². The molecule has 0 saturated heterocycles. The molecule has 0 aliphatic rings. The van der Waals surface area contributed by atoms with Crippen LogP contribution in [0.5, 0.6) is 0 Å². The Bertz CT molecular complexity index is 138. The molecule has 0 aromatic rings. The van der Waals surface area contributed by atoms with Gasteiger partial charge in [0.1, 0.15) is 0 Å². The molecule has 0 fully saturated rings. The topological polar surface area (TPSA) is 50.4 Å². The van der Waals surface area contributed by atoms with Crippen LogP contribution < -0.4 is 10.6 Å². The molecule has 2 N–H and O–H groups in total. The first kappa shape index (κ1) is 12.2. The normalized spacial score (nSPS) is 10.2. The van der Waals surface area contributed by atoms with E-state index in [4.69, 9.17) is 4.74 Å². The van der Waals surface area contributed by atoms with Crippen LogP contribution in [0.25, 0.3) is 0 Å². The summed E-state index contributed by atoms with van der Waals surface area (Å²) in [4.78, 5) is 10.9. The van der Waals surface area contributed by atoms with Crippen LogP contribution in [0.4, 0.5) is 4.79 Å². The van der Waals surface area contributed by atoms with E-state index in [1.165, 1.54) is 0 Å². The van der Waals surface area contributed by atoms with Crippen molar-refractivity contribution in [2.45, 2.75) is 33.3 Å². The van der Waals surface area contributed by atoms with E-state index in [0.717, 1.165) is 19.5 Å². The fourth-order valence-corrected chi connectivity index (χ4v) is 0.836. The molecule has 0 spiro atoms. The largest absolute Gasteiger partial charge is 0.447 e. The highest BCUT2D eigenvalue weighted by Gasteiger charge is 2.02. The van der Waals surface area contributed by atoms with Gasteiger partial charge in [-0.25, -0.2) is 4.79 Å². The van der Waals surface area contributed by atoms with Crippen molar-refractivity contribution >= 4 is 6.09 Å². The van der Waals surface area contributed by atoms with Gasteiger partial charge in [0.15, 0.2) is 0 Å². The number of carbonyl (C=O) groups is 1. The predicted octanol–water partition coefficient (Wildman–Crippen LogP) is 1.12. The SMILES string of the molecule is CCNCCCNC(=O)OC(C)C. The minimum Gasteiger partial charge on any atom is -0.447 e. The number of alkyl carbamates (subject to hydrolysis) is 1. The third-order valence-electron chi connectivity index (χ3n) is 1.39. The van der Waals surface area contributed by atoms with E-state index in [1.807, 2.05) is 13.8 Å². The standard InChI is InChI=1S/C9H20N2O2/c1-4-10-6-5-7-11-9(12)13-8(2)3/h8,10H,4-7H2,1-3H3,(H,11,12). The average molecular weight is 188 g/mol. The summed E-state index contributed by atoms with van der Waals surface area (Å²) in [6, 6.07) is 0. The Morgan fingerprint density at radius 1 is 1.38 bits per heavy atom. The molecule has 0 aromatic heterocycles. The van der Waals surface area contributed by atoms with Gasteiger partial charge in [0.05, 0.1) is 6.10 Å². The van der Waals surface area contributed by atoms with E-state index >= 15 is 0 Å². The van der Waals surface area contributed by atoms with Crippen molar-refractivity contribution in [3.05, 3.63) is 0 Å². The van der Waals surface area contributed by atoms with E-state index in [2.05, 4.69) is 17.6 Å². The third kappa shape index (κ3) is 9.14. The molecule has 13 heavy (non-hydrogen) atoms. The Balaban J connectivity index is 3.17. The van der Waals surface area contributed by atoms with Crippen molar-refractivity contribution in [1.82, 2.24) is 10.6 Å². The first-order valence-corrected chi connectivity index (χ1v) is 4.82. The Hall–Kier alpha value is -0.770. The molecule has 0 aliphatic carbocycles. The van der Waals surface area contributed by atoms with E-state index in [0.29, 0.717) is 6.54 Å². The van der Waals surface area contributed by atoms with Gasteiger partial charge in [0.2, 0.25) is 0 Å². The maximum atomic E-state index is 10.9. The van der Waals surface area contributed by atoms with Gasteiger partial charge < -0.3 is 15.4 Å². The summed E-state index contributed by atoms with van der Waals surface area (Å²) in [5.41, 5.74) is 0. The third-order valence-corrected chi connectivity index (χ3v) is 1.39. The highest BCUT2D eigenvalue weighted by atomic mass is 16.6. The molecular weight excluding hydrogens is 168 g/mol. The lowest BCUT2D eigenvalue weighted by atomic mass is 10.4. The van der Waals surface area contributed by atoms with Crippen molar-refractivity contribution in [3.63, 3.8) is 0 Å². The van der Waals surface area contributed by atoms with Gasteiger partial charge in [0.25, 0.3) is 0 Å². The van der Waals surface area contributed by atoms with Crippen LogP contribution in [0.1, 0.15) is 27.2 Å². The van der Waals surface area contributed by atoms with Crippen LogP contribution in [0.15, 0.2) is 0 Å². The molecule has 0 heterocycles. The molecule has 0 aromatic carbocycles. The molecule has 0 rings (SSSR count). The average Bonchev–Trinajstić information content (AvgIpc) is 2.02. The van der Waals surface area contributed by atoms with Crippen molar-refractivity contribution < 1.29 is 9.53 Å². The molecule has 0 saturated carbocycles. The van der Waals surface area contributed by atoms with Gasteiger partial charge in [-0.2, -0.15) is 0 Å².